The highest BCUT2D eigenvalue weighted by Gasteiger charge is 2.54. The molecule has 2 heteroatoms. The van der Waals surface area contributed by atoms with E-state index in [4.69, 9.17) is 9.47 Å². The third-order valence-electron chi connectivity index (χ3n) is 4.31. The summed E-state index contributed by atoms with van der Waals surface area (Å²) in [5.74, 6) is 0.631. The Bertz CT molecular complexity index is 275. The van der Waals surface area contributed by atoms with E-state index in [9.17, 15) is 0 Å². The Morgan fingerprint density at radius 3 is 2.82 bits per heavy atom. The first-order chi connectivity index (χ1) is 8.18. The highest BCUT2D eigenvalue weighted by molar-refractivity contribution is 5.04. The smallest absolute Gasteiger partial charge is 0.0969 e. The third-order valence-corrected chi connectivity index (χ3v) is 4.31. The van der Waals surface area contributed by atoms with Crippen LogP contribution in [0.15, 0.2) is 11.6 Å². The molecule has 2 nitrogen and oxygen atoms in total. The highest BCUT2D eigenvalue weighted by atomic mass is 16.6. The highest BCUT2D eigenvalue weighted by Crippen LogP contribution is 2.48. The van der Waals surface area contributed by atoms with Crippen LogP contribution in [-0.4, -0.2) is 25.4 Å². The number of epoxide rings is 1. The summed E-state index contributed by atoms with van der Waals surface area (Å²) in [4.78, 5) is 0. The van der Waals surface area contributed by atoms with E-state index in [2.05, 4.69) is 19.9 Å². The van der Waals surface area contributed by atoms with Crippen molar-refractivity contribution >= 4 is 0 Å². The zero-order valence-corrected chi connectivity index (χ0v) is 11.5. The van der Waals surface area contributed by atoms with Crippen LogP contribution in [0.3, 0.4) is 0 Å². The Hall–Kier alpha value is -0.340. The molecule has 3 atom stereocenters. The number of methoxy groups -OCH3 is 1. The maximum absolute atomic E-state index is 5.76. The van der Waals surface area contributed by atoms with Crippen molar-refractivity contribution < 1.29 is 9.47 Å². The van der Waals surface area contributed by atoms with Crippen LogP contribution in [0.4, 0.5) is 0 Å². The molecule has 0 N–H and O–H groups in total. The molecule has 1 aliphatic carbocycles. The van der Waals surface area contributed by atoms with Crippen LogP contribution in [-0.2, 0) is 9.47 Å². The molecule has 0 amide bonds. The predicted octanol–water partition coefficient (Wildman–Crippen LogP) is 3.71. The van der Waals surface area contributed by atoms with Crippen molar-refractivity contribution in [3.8, 4) is 0 Å². The van der Waals surface area contributed by atoms with Crippen molar-refractivity contribution in [3.05, 3.63) is 11.6 Å². The third kappa shape index (κ3) is 3.11. The Kier molecular flexibility index (Phi) is 4.26. The molecule has 0 bridgehead atoms. The number of hydrogen-bond acceptors (Lipinski definition) is 2. The first-order valence-electron chi connectivity index (χ1n) is 6.98. The Labute approximate surface area is 105 Å². The van der Waals surface area contributed by atoms with E-state index < -0.39 is 0 Å². The van der Waals surface area contributed by atoms with Crippen LogP contribution in [0.5, 0.6) is 0 Å². The summed E-state index contributed by atoms with van der Waals surface area (Å²) in [5.41, 5.74) is 1.62. The fourth-order valence-corrected chi connectivity index (χ4v) is 3.23. The van der Waals surface area contributed by atoms with E-state index >= 15 is 0 Å². The number of ether oxygens (including phenoxy) is 2. The van der Waals surface area contributed by atoms with Crippen molar-refractivity contribution in [2.75, 3.05) is 13.7 Å². The number of hydrogen-bond donors (Lipinski definition) is 0. The molecule has 17 heavy (non-hydrogen) atoms. The lowest BCUT2D eigenvalue weighted by Gasteiger charge is -2.34. The summed E-state index contributed by atoms with van der Waals surface area (Å²) >= 11 is 0. The summed E-state index contributed by atoms with van der Waals surface area (Å²) in [7, 11) is 1.86. The quantitative estimate of drug-likeness (QED) is 0.538. The predicted molar refractivity (Wildman–Crippen MR) is 70.1 cm³/mol. The van der Waals surface area contributed by atoms with Gasteiger partial charge in [0.05, 0.1) is 18.3 Å². The normalized spacial score (nSPS) is 33.5. The lowest BCUT2D eigenvalue weighted by molar-refractivity contribution is -0.00814. The zero-order chi connectivity index (χ0) is 12.3. The molecule has 0 aromatic rings. The second kappa shape index (κ2) is 5.53. The number of allylic oxidation sites excluding steroid dienone is 2. The molecular weight excluding hydrogens is 212 g/mol. The van der Waals surface area contributed by atoms with Crippen LogP contribution >= 0.6 is 0 Å². The van der Waals surface area contributed by atoms with Gasteiger partial charge in [0.25, 0.3) is 0 Å². The molecule has 2 fully saturated rings. The monoisotopic (exact) mass is 238 g/mol. The molecule has 2 rings (SSSR count). The number of rotatable bonds is 5. The molecule has 2 aliphatic rings. The second-order valence-electron chi connectivity index (χ2n) is 5.84. The maximum atomic E-state index is 5.76. The van der Waals surface area contributed by atoms with Crippen molar-refractivity contribution in [2.45, 2.75) is 64.1 Å². The molecule has 0 aromatic heterocycles. The lowest BCUT2D eigenvalue weighted by atomic mass is 9.75. The fourth-order valence-electron chi connectivity index (χ4n) is 3.23. The van der Waals surface area contributed by atoms with Crippen molar-refractivity contribution in [1.82, 2.24) is 0 Å². The van der Waals surface area contributed by atoms with E-state index in [1.165, 1.54) is 31.3 Å². The van der Waals surface area contributed by atoms with Crippen molar-refractivity contribution in [1.29, 1.82) is 0 Å². The van der Waals surface area contributed by atoms with E-state index in [1.54, 1.807) is 0 Å². The topological polar surface area (TPSA) is 21.8 Å². The van der Waals surface area contributed by atoms with Crippen molar-refractivity contribution in [2.24, 2.45) is 5.92 Å². The summed E-state index contributed by atoms with van der Waals surface area (Å²) in [6.07, 6.45) is 10.2. The van der Waals surface area contributed by atoms with Gasteiger partial charge in [-0.3, -0.25) is 0 Å². The van der Waals surface area contributed by atoms with Gasteiger partial charge in [-0.15, -0.1) is 0 Å². The molecule has 1 heterocycles. The minimum atomic E-state index is 0.212. The van der Waals surface area contributed by atoms with Crippen LogP contribution < -0.4 is 0 Å². The van der Waals surface area contributed by atoms with Gasteiger partial charge >= 0.3 is 0 Å². The molecular formula is C15H26O2. The van der Waals surface area contributed by atoms with Gasteiger partial charge < -0.3 is 9.47 Å². The summed E-state index contributed by atoms with van der Waals surface area (Å²) in [6.45, 7) is 5.29. The van der Waals surface area contributed by atoms with Gasteiger partial charge in [-0.2, -0.15) is 0 Å². The molecule has 1 saturated carbocycles. The zero-order valence-electron chi connectivity index (χ0n) is 11.5. The van der Waals surface area contributed by atoms with Gasteiger partial charge in [-0.25, -0.2) is 0 Å². The molecule has 0 radical (unpaired) electrons. The van der Waals surface area contributed by atoms with E-state index in [0.717, 1.165) is 19.4 Å². The van der Waals surface area contributed by atoms with E-state index in [1.807, 2.05) is 7.11 Å². The largest absolute Gasteiger partial charge is 0.381 e. The summed E-state index contributed by atoms with van der Waals surface area (Å²) < 4.78 is 11.5. The second-order valence-corrected chi connectivity index (χ2v) is 5.84. The minimum Gasteiger partial charge on any atom is -0.381 e. The molecule has 3 unspecified atom stereocenters. The van der Waals surface area contributed by atoms with Crippen LogP contribution in [0, 0.1) is 5.92 Å². The van der Waals surface area contributed by atoms with E-state index in [-0.39, 0.29) is 5.60 Å². The molecule has 98 valence electrons. The SMILES string of the molecule is COC(CCC=C(C)C)C1CCCCC12CO2. The molecule has 1 saturated heterocycles. The van der Waals surface area contributed by atoms with E-state index in [0.29, 0.717) is 12.0 Å². The van der Waals surface area contributed by atoms with Gasteiger partial charge in [0.15, 0.2) is 0 Å². The standard InChI is InChI=1S/C15H26O2/c1-12(2)7-6-9-14(16-3)13-8-4-5-10-15(13)11-17-15/h7,13-14H,4-6,8-11H2,1-3H3. The molecule has 1 spiro atoms. The van der Waals surface area contributed by atoms with Gasteiger partial charge in [-0.05, 0) is 39.5 Å². The Morgan fingerprint density at radius 2 is 2.24 bits per heavy atom. The maximum Gasteiger partial charge on any atom is 0.0969 e. The Morgan fingerprint density at radius 1 is 1.47 bits per heavy atom. The first kappa shape index (κ1) is 13.1. The molecule has 1 aliphatic heterocycles. The van der Waals surface area contributed by atoms with Crippen LogP contribution in [0.1, 0.15) is 52.4 Å². The van der Waals surface area contributed by atoms with Crippen molar-refractivity contribution in [3.63, 3.8) is 0 Å². The average molecular weight is 238 g/mol. The van der Waals surface area contributed by atoms with Crippen LogP contribution in [0.25, 0.3) is 0 Å². The lowest BCUT2D eigenvalue weighted by Crippen LogP contribution is -2.38. The van der Waals surface area contributed by atoms with Gasteiger partial charge in [-0.1, -0.05) is 24.5 Å². The fraction of sp³-hybridized carbons (Fsp3) is 0.867. The Balaban J connectivity index is 1.90. The molecule has 0 aromatic carbocycles. The van der Waals surface area contributed by atoms with Crippen LogP contribution in [0.2, 0.25) is 0 Å². The van der Waals surface area contributed by atoms with Gasteiger partial charge in [0, 0.05) is 13.0 Å². The van der Waals surface area contributed by atoms with Gasteiger partial charge in [0.1, 0.15) is 0 Å². The average Bonchev–Trinajstić information content (AvgIpc) is 3.06. The first-order valence-corrected chi connectivity index (χ1v) is 6.98. The van der Waals surface area contributed by atoms with Gasteiger partial charge in [0.2, 0.25) is 0 Å². The minimum absolute atomic E-state index is 0.212. The summed E-state index contributed by atoms with van der Waals surface area (Å²) in [5, 5.41) is 0. The summed E-state index contributed by atoms with van der Waals surface area (Å²) in [6, 6.07) is 0.